The predicted octanol–water partition coefficient (Wildman–Crippen LogP) is 2.21. The van der Waals surface area contributed by atoms with Crippen LogP contribution in [-0.2, 0) is 10.0 Å². The first-order valence-corrected chi connectivity index (χ1v) is 7.48. The molecule has 2 aromatic rings. The van der Waals surface area contributed by atoms with Crippen molar-refractivity contribution in [3.8, 4) is 0 Å². The number of sulfonamides is 1. The topological polar surface area (TPSA) is 108 Å². The molecule has 8 heteroatoms. The standard InChI is InChI=1S/C12H13N5O2S/c13-17-15-8-3-9-16-20(18,19)12-6-1-5-11-10(12)4-2-7-14-11/h1-2,4-7,16H,3,8-9H2. The summed E-state index contributed by atoms with van der Waals surface area (Å²) in [5.74, 6) is 0. The van der Waals surface area contributed by atoms with Gasteiger partial charge in [-0.25, -0.2) is 13.1 Å². The summed E-state index contributed by atoms with van der Waals surface area (Å²) in [5.41, 5.74) is 8.76. The molecule has 7 nitrogen and oxygen atoms in total. The summed E-state index contributed by atoms with van der Waals surface area (Å²) in [6.07, 6.45) is 2.07. The molecule has 0 bridgehead atoms. The summed E-state index contributed by atoms with van der Waals surface area (Å²) in [7, 11) is -3.60. The van der Waals surface area contributed by atoms with Gasteiger partial charge in [-0.05, 0) is 36.2 Å². The lowest BCUT2D eigenvalue weighted by Gasteiger charge is -2.08. The van der Waals surface area contributed by atoms with Crippen molar-refractivity contribution in [3.05, 3.63) is 47.0 Å². The van der Waals surface area contributed by atoms with E-state index in [4.69, 9.17) is 5.53 Å². The van der Waals surface area contributed by atoms with Gasteiger partial charge in [-0.3, -0.25) is 4.98 Å². The molecule has 0 aliphatic rings. The molecule has 104 valence electrons. The average Bonchev–Trinajstić information content (AvgIpc) is 2.46. The molecule has 0 aliphatic heterocycles. The first kappa shape index (κ1) is 14.3. The van der Waals surface area contributed by atoms with Crippen LogP contribution in [-0.4, -0.2) is 26.5 Å². The molecule has 2 rings (SSSR count). The number of pyridine rings is 1. The molecule has 0 amide bonds. The van der Waals surface area contributed by atoms with Gasteiger partial charge in [0, 0.05) is 29.6 Å². The number of aromatic nitrogens is 1. The maximum absolute atomic E-state index is 12.2. The summed E-state index contributed by atoms with van der Waals surface area (Å²) in [4.78, 5) is 6.94. The number of hydrogen-bond donors (Lipinski definition) is 1. The van der Waals surface area contributed by atoms with E-state index >= 15 is 0 Å². The van der Waals surface area contributed by atoms with Crippen molar-refractivity contribution in [1.82, 2.24) is 9.71 Å². The van der Waals surface area contributed by atoms with Crippen LogP contribution in [0.5, 0.6) is 0 Å². The highest BCUT2D eigenvalue weighted by atomic mass is 32.2. The lowest BCUT2D eigenvalue weighted by molar-refractivity contribution is 0.580. The summed E-state index contributed by atoms with van der Waals surface area (Å²) in [6.45, 7) is 0.480. The van der Waals surface area contributed by atoms with Crippen molar-refractivity contribution in [2.75, 3.05) is 13.1 Å². The molecule has 0 unspecified atom stereocenters. The number of nitrogens with zero attached hydrogens (tertiary/aromatic N) is 4. The highest BCUT2D eigenvalue weighted by molar-refractivity contribution is 7.89. The fraction of sp³-hybridized carbons (Fsp3) is 0.250. The molecule has 0 spiro atoms. The summed E-state index contributed by atoms with van der Waals surface area (Å²) in [5, 5.41) is 3.93. The van der Waals surface area contributed by atoms with Crippen LogP contribution in [0, 0.1) is 0 Å². The molecule has 0 aliphatic carbocycles. The number of azide groups is 1. The zero-order valence-electron chi connectivity index (χ0n) is 10.6. The third kappa shape index (κ3) is 3.24. The van der Waals surface area contributed by atoms with Crippen molar-refractivity contribution < 1.29 is 8.42 Å². The number of rotatable bonds is 6. The lowest BCUT2D eigenvalue weighted by Crippen LogP contribution is -2.25. The smallest absolute Gasteiger partial charge is 0.241 e. The maximum atomic E-state index is 12.2. The molecule has 1 heterocycles. The Labute approximate surface area is 116 Å². The third-order valence-electron chi connectivity index (χ3n) is 2.69. The van der Waals surface area contributed by atoms with Gasteiger partial charge in [0.1, 0.15) is 0 Å². The quantitative estimate of drug-likeness (QED) is 0.381. The second-order valence-electron chi connectivity index (χ2n) is 4.03. The Bertz CT molecular complexity index is 748. The van der Waals surface area contributed by atoms with Crippen LogP contribution in [0.15, 0.2) is 46.5 Å². The SMILES string of the molecule is [N-]=[N+]=NCCCNS(=O)(=O)c1cccc2ncccc12. The van der Waals surface area contributed by atoms with Gasteiger partial charge in [0.05, 0.1) is 10.4 Å². The van der Waals surface area contributed by atoms with Crippen LogP contribution in [0.3, 0.4) is 0 Å². The van der Waals surface area contributed by atoms with E-state index in [-0.39, 0.29) is 18.0 Å². The minimum Gasteiger partial charge on any atom is -0.256 e. The van der Waals surface area contributed by atoms with Gasteiger partial charge < -0.3 is 0 Å². The monoisotopic (exact) mass is 291 g/mol. The predicted molar refractivity (Wildman–Crippen MR) is 75.6 cm³/mol. The molecule has 0 atom stereocenters. The van der Waals surface area contributed by atoms with Crippen LogP contribution in [0.25, 0.3) is 21.3 Å². The minimum absolute atomic E-state index is 0.201. The highest BCUT2D eigenvalue weighted by Gasteiger charge is 2.16. The van der Waals surface area contributed by atoms with Gasteiger partial charge in [-0.2, -0.15) is 0 Å². The van der Waals surface area contributed by atoms with Crippen molar-refractivity contribution in [2.45, 2.75) is 11.3 Å². The Balaban J connectivity index is 2.21. The van der Waals surface area contributed by atoms with Crippen LogP contribution in [0.2, 0.25) is 0 Å². The van der Waals surface area contributed by atoms with Gasteiger partial charge in [-0.1, -0.05) is 11.2 Å². The van der Waals surface area contributed by atoms with E-state index in [1.165, 1.54) is 0 Å². The van der Waals surface area contributed by atoms with E-state index in [2.05, 4.69) is 19.7 Å². The van der Waals surface area contributed by atoms with E-state index in [1.807, 2.05) is 0 Å². The van der Waals surface area contributed by atoms with Crippen LogP contribution < -0.4 is 4.72 Å². The van der Waals surface area contributed by atoms with Gasteiger partial charge in [0.15, 0.2) is 0 Å². The van der Waals surface area contributed by atoms with E-state index < -0.39 is 10.0 Å². The number of hydrogen-bond acceptors (Lipinski definition) is 4. The van der Waals surface area contributed by atoms with Crippen molar-refractivity contribution in [2.24, 2.45) is 5.11 Å². The normalized spacial score (nSPS) is 11.2. The lowest BCUT2D eigenvalue weighted by atomic mass is 10.2. The van der Waals surface area contributed by atoms with Crippen molar-refractivity contribution in [3.63, 3.8) is 0 Å². The summed E-state index contributed by atoms with van der Waals surface area (Å²) < 4.78 is 27.0. The molecule has 0 saturated heterocycles. The molecule has 0 radical (unpaired) electrons. The van der Waals surface area contributed by atoms with E-state index in [0.29, 0.717) is 17.3 Å². The molecule has 1 aromatic carbocycles. The third-order valence-corrected chi connectivity index (χ3v) is 4.20. The van der Waals surface area contributed by atoms with Gasteiger partial charge >= 0.3 is 0 Å². The van der Waals surface area contributed by atoms with E-state index in [0.717, 1.165) is 0 Å². The zero-order chi connectivity index (χ0) is 14.4. The Morgan fingerprint density at radius 2 is 2.15 bits per heavy atom. The Kier molecular flexibility index (Phi) is 4.52. The van der Waals surface area contributed by atoms with E-state index in [9.17, 15) is 8.42 Å². The zero-order valence-corrected chi connectivity index (χ0v) is 11.4. The minimum atomic E-state index is -3.60. The number of fused-ring (bicyclic) bond motifs is 1. The van der Waals surface area contributed by atoms with Crippen molar-refractivity contribution >= 4 is 20.9 Å². The molecule has 20 heavy (non-hydrogen) atoms. The Hall–Kier alpha value is -2.15. The van der Waals surface area contributed by atoms with Gasteiger partial charge in [-0.15, -0.1) is 0 Å². The second-order valence-corrected chi connectivity index (χ2v) is 5.77. The second kappa shape index (κ2) is 6.33. The maximum Gasteiger partial charge on any atom is 0.241 e. The van der Waals surface area contributed by atoms with Crippen LogP contribution in [0.4, 0.5) is 0 Å². The largest absolute Gasteiger partial charge is 0.256 e. The fourth-order valence-electron chi connectivity index (χ4n) is 1.79. The molecular weight excluding hydrogens is 278 g/mol. The molecular formula is C12H13N5O2S. The molecule has 0 saturated carbocycles. The van der Waals surface area contributed by atoms with E-state index in [1.54, 1.807) is 36.5 Å². The van der Waals surface area contributed by atoms with Gasteiger partial charge in [0.25, 0.3) is 0 Å². The fourth-order valence-corrected chi connectivity index (χ4v) is 3.08. The van der Waals surface area contributed by atoms with Crippen LogP contribution in [0.1, 0.15) is 6.42 Å². The highest BCUT2D eigenvalue weighted by Crippen LogP contribution is 2.20. The summed E-state index contributed by atoms with van der Waals surface area (Å²) in [6, 6.07) is 8.37. The summed E-state index contributed by atoms with van der Waals surface area (Å²) >= 11 is 0. The average molecular weight is 291 g/mol. The molecule has 0 fully saturated rings. The number of nitrogens with one attached hydrogen (secondary N) is 1. The molecule has 1 N–H and O–H groups in total. The van der Waals surface area contributed by atoms with Crippen LogP contribution >= 0.6 is 0 Å². The first-order chi connectivity index (χ1) is 9.65. The first-order valence-electron chi connectivity index (χ1n) is 5.99. The Morgan fingerprint density at radius 1 is 1.30 bits per heavy atom. The number of benzene rings is 1. The van der Waals surface area contributed by atoms with Crippen molar-refractivity contribution in [1.29, 1.82) is 0 Å². The van der Waals surface area contributed by atoms with Gasteiger partial charge in [0.2, 0.25) is 10.0 Å². The molecule has 1 aromatic heterocycles. The Morgan fingerprint density at radius 3 is 2.95 bits per heavy atom.